The third-order valence-corrected chi connectivity index (χ3v) is 4.27. The smallest absolute Gasteiger partial charge is 0.0522 e. The van der Waals surface area contributed by atoms with E-state index < -0.39 is 0 Å². The molecular weight excluding hydrogens is 308 g/mol. The fourth-order valence-corrected chi connectivity index (χ4v) is 3.11. The van der Waals surface area contributed by atoms with Crippen molar-refractivity contribution in [1.29, 1.82) is 0 Å². The van der Waals surface area contributed by atoms with E-state index in [1.807, 2.05) is 0 Å². The first kappa shape index (κ1) is 13.6. The van der Waals surface area contributed by atoms with Gasteiger partial charge in [-0.05, 0) is 42.1 Å². The SMILES string of the molecule is CCN(Cc1cccs1)c1ccc(Br)cc1CN. The van der Waals surface area contributed by atoms with E-state index in [1.54, 1.807) is 11.3 Å². The van der Waals surface area contributed by atoms with E-state index in [2.05, 4.69) is 63.5 Å². The molecule has 96 valence electrons. The zero-order valence-corrected chi connectivity index (χ0v) is 12.8. The molecule has 0 saturated heterocycles. The molecule has 0 amide bonds. The van der Waals surface area contributed by atoms with Gasteiger partial charge in [0.15, 0.2) is 0 Å². The second-order valence-electron chi connectivity index (χ2n) is 4.07. The molecule has 1 aromatic carbocycles. The fourth-order valence-electron chi connectivity index (χ4n) is 1.98. The summed E-state index contributed by atoms with van der Waals surface area (Å²) >= 11 is 5.29. The van der Waals surface area contributed by atoms with Crippen LogP contribution in [0.5, 0.6) is 0 Å². The number of nitrogens with zero attached hydrogens (tertiary/aromatic N) is 1. The monoisotopic (exact) mass is 324 g/mol. The number of nitrogens with two attached hydrogens (primary N) is 1. The number of hydrogen-bond acceptors (Lipinski definition) is 3. The molecule has 1 aromatic heterocycles. The zero-order chi connectivity index (χ0) is 13.0. The highest BCUT2D eigenvalue weighted by Crippen LogP contribution is 2.26. The number of anilines is 1. The van der Waals surface area contributed by atoms with E-state index in [-0.39, 0.29) is 0 Å². The number of thiophene rings is 1. The molecule has 0 spiro atoms. The molecule has 2 nitrogen and oxygen atoms in total. The Balaban J connectivity index is 2.26. The number of benzene rings is 1. The maximum absolute atomic E-state index is 5.84. The Hall–Kier alpha value is -0.840. The molecule has 0 saturated carbocycles. The minimum atomic E-state index is 0.565. The summed E-state index contributed by atoms with van der Waals surface area (Å²) in [5.41, 5.74) is 8.26. The minimum Gasteiger partial charge on any atom is -0.366 e. The van der Waals surface area contributed by atoms with Crippen molar-refractivity contribution in [1.82, 2.24) is 0 Å². The molecule has 0 radical (unpaired) electrons. The normalized spacial score (nSPS) is 10.6. The van der Waals surface area contributed by atoms with E-state index in [4.69, 9.17) is 5.73 Å². The van der Waals surface area contributed by atoms with Gasteiger partial charge in [-0.15, -0.1) is 11.3 Å². The first-order valence-electron chi connectivity index (χ1n) is 6.00. The fraction of sp³-hybridized carbons (Fsp3) is 0.286. The zero-order valence-electron chi connectivity index (χ0n) is 10.4. The number of hydrogen-bond donors (Lipinski definition) is 1. The Morgan fingerprint density at radius 1 is 1.33 bits per heavy atom. The van der Waals surface area contributed by atoms with Gasteiger partial charge in [-0.1, -0.05) is 22.0 Å². The van der Waals surface area contributed by atoms with Crippen LogP contribution in [0.25, 0.3) is 0 Å². The summed E-state index contributed by atoms with van der Waals surface area (Å²) in [6.45, 7) is 4.67. The summed E-state index contributed by atoms with van der Waals surface area (Å²) in [4.78, 5) is 3.74. The quantitative estimate of drug-likeness (QED) is 0.900. The van der Waals surface area contributed by atoms with Gasteiger partial charge in [-0.3, -0.25) is 0 Å². The summed E-state index contributed by atoms with van der Waals surface area (Å²) in [6, 6.07) is 10.6. The van der Waals surface area contributed by atoms with Crippen LogP contribution >= 0.6 is 27.3 Å². The van der Waals surface area contributed by atoms with E-state index >= 15 is 0 Å². The molecule has 2 N–H and O–H groups in total. The number of rotatable bonds is 5. The summed E-state index contributed by atoms with van der Waals surface area (Å²) in [5.74, 6) is 0. The van der Waals surface area contributed by atoms with Crippen molar-refractivity contribution in [2.75, 3.05) is 11.4 Å². The second kappa shape index (κ2) is 6.36. The molecule has 0 aliphatic rings. The maximum Gasteiger partial charge on any atom is 0.0522 e. The summed E-state index contributed by atoms with van der Waals surface area (Å²) in [7, 11) is 0. The van der Waals surface area contributed by atoms with Crippen molar-refractivity contribution in [2.45, 2.75) is 20.0 Å². The Morgan fingerprint density at radius 2 is 2.17 bits per heavy atom. The molecule has 0 unspecified atom stereocenters. The third-order valence-electron chi connectivity index (χ3n) is 2.91. The van der Waals surface area contributed by atoms with Gasteiger partial charge in [-0.25, -0.2) is 0 Å². The van der Waals surface area contributed by atoms with Gasteiger partial charge in [0, 0.05) is 28.1 Å². The molecule has 0 atom stereocenters. The van der Waals surface area contributed by atoms with Crippen molar-refractivity contribution in [3.8, 4) is 0 Å². The van der Waals surface area contributed by atoms with Crippen LogP contribution in [0.1, 0.15) is 17.4 Å². The molecule has 0 aliphatic heterocycles. The lowest BCUT2D eigenvalue weighted by atomic mass is 10.1. The second-order valence-corrected chi connectivity index (χ2v) is 6.02. The molecule has 4 heteroatoms. The lowest BCUT2D eigenvalue weighted by molar-refractivity contribution is 0.831. The van der Waals surface area contributed by atoms with Gasteiger partial charge >= 0.3 is 0 Å². The van der Waals surface area contributed by atoms with Gasteiger partial charge in [0.25, 0.3) is 0 Å². The highest BCUT2D eigenvalue weighted by molar-refractivity contribution is 9.10. The predicted molar refractivity (Wildman–Crippen MR) is 83.1 cm³/mol. The molecule has 0 fully saturated rings. The third kappa shape index (κ3) is 3.13. The van der Waals surface area contributed by atoms with E-state index in [0.29, 0.717) is 6.54 Å². The average molecular weight is 325 g/mol. The Bertz CT molecular complexity index is 497. The van der Waals surface area contributed by atoms with Crippen molar-refractivity contribution < 1.29 is 0 Å². The van der Waals surface area contributed by atoms with Gasteiger partial charge in [0.1, 0.15) is 0 Å². The molecule has 2 aromatic rings. The van der Waals surface area contributed by atoms with Crippen LogP contribution in [0.4, 0.5) is 5.69 Å². The topological polar surface area (TPSA) is 29.3 Å². The van der Waals surface area contributed by atoms with Crippen LogP contribution in [-0.4, -0.2) is 6.54 Å². The highest BCUT2D eigenvalue weighted by Gasteiger charge is 2.10. The number of halogens is 1. The molecule has 1 heterocycles. The summed E-state index contributed by atoms with van der Waals surface area (Å²) < 4.78 is 1.08. The first-order valence-corrected chi connectivity index (χ1v) is 7.67. The van der Waals surface area contributed by atoms with Crippen LogP contribution in [-0.2, 0) is 13.1 Å². The van der Waals surface area contributed by atoms with Crippen LogP contribution in [0, 0.1) is 0 Å². The Morgan fingerprint density at radius 3 is 2.78 bits per heavy atom. The Labute approximate surface area is 121 Å². The lowest BCUT2D eigenvalue weighted by Crippen LogP contribution is -2.23. The van der Waals surface area contributed by atoms with Gasteiger partial charge in [0.2, 0.25) is 0 Å². The highest BCUT2D eigenvalue weighted by atomic mass is 79.9. The van der Waals surface area contributed by atoms with Crippen molar-refractivity contribution in [3.63, 3.8) is 0 Å². The maximum atomic E-state index is 5.84. The van der Waals surface area contributed by atoms with Crippen LogP contribution in [0.2, 0.25) is 0 Å². The van der Waals surface area contributed by atoms with Gasteiger partial charge in [0.05, 0.1) is 6.54 Å². The molecule has 2 rings (SSSR count). The lowest BCUT2D eigenvalue weighted by Gasteiger charge is -2.25. The van der Waals surface area contributed by atoms with Crippen molar-refractivity contribution in [2.24, 2.45) is 5.73 Å². The predicted octanol–water partition coefficient (Wildman–Crippen LogP) is 4.00. The van der Waals surface area contributed by atoms with Crippen molar-refractivity contribution >= 4 is 33.0 Å². The van der Waals surface area contributed by atoms with E-state index in [1.165, 1.54) is 16.1 Å². The van der Waals surface area contributed by atoms with E-state index in [0.717, 1.165) is 17.6 Å². The largest absolute Gasteiger partial charge is 0.366 e. The molecule has 0 aliphatic carbocycles. The van der Waals surface area contributed by atoms with Crippen molar-refractivity contribution in [3.05, 3.63) is 50.6 Å². The molecule has 18 heavy (non-hydrogen) atoms. The average Bonchev–Trinajstić information content (AvgIpc) is 2.89. The summed E-state index contributed by atoms with van der Waals surface area (Å²) in [6.07, 6.45) is 0. The van der Waals surface area contributed by atoms with Crippen LogP contribution < -0.4 is 10.6 Å². The minimum absolute atomic E-state index is 0.565. The van der Waals surface area contributed by atoms with E-state index in [9.17, 15) is 0 Å². The standard InChI is InChI=1S/C14H17BrN2S/c1-2-17(10-13-4-3-7-18-13)14-6-5-12(15)8-11(14)9-16/h3-8H,2,9-10,16H2,1H3. The van der Waals surface area contributed by atoms with Gasteiger partial charge in [-0.2, -0.15) is 0 Å². The molecule has 0 bridgehead atoms. The Kier molecular flexibility index (Phi) is 4.80. The van der Waals surface area contributed by atoms with Crippen LogP contribution in [0.3, 0.4) is 0 Å². The van der Waals surface area contributed by atoms with Gasteiger partial charge < -0.3 is 10.6 Å². The first-order chi connectivity index (χ1) is 8.74. The summed E-state index contributed by atoms with van der Waals surface area (Å²) in [5, 5.41) is 2.12. The molecular formula is C14H17BrN2S. The van der Waals surface area contributed by atoms with Crippen LogP contribution in [0.15, 0.2) is 40.2 Å².